The molecule has 0 radical (unpaired) electrons. The Kier molecular flexibility index (Phi) is 7.58. The Morgan fingerprint density at radius 2 is 1.26 bits per heavy atom. The molecule has 7 nitrogen and oxygen atoms in total. The van der Waals surface area contributed by atoms with Crippen molar-refractivity contribution >= 4 is 29.3 Å². The van der Waals surface area contributed by atoms with Gasteiger partial charge in [-0.3, -0.25) is 5.41 Å². The van der Waals surface area contributed by atoms with Gasteiger partial charge < -0.3 is 20.0 Å². The van der Waals surface area contributed by atoms with Crippen LogP contribution in [0.25, 0.3) is 0 Å². The summed E-state index contributed by atoms with van der Waals surface area (Å²) in [5, 5.41) is 24.4. The van der Waals surface area contributed by atoms with E-state index in [0.29, 0.717) is 18.1 Å². The van der Waals surface area contributed by atoms with E-state index in [2.05, 4.69) is 80.8 Å². The minimum absolute atomic E-state index is 0.279. The van der Waals surface area contributed by atoms with Crippen LogP contribution in [-0.4, -0.2) is 40.7 Å². The highest BCUT2D eigenvalue weighted by Gasteiger charge is 2.35. The molecule has 1 heterocycles. The molecule has 2 aromatic carbocycles. The van der Waals surface area contributed by atoms with E-state index in [-0.39, 0.29) is 6.04 Å². The summed E-state index contributed by atoms with van der Waals surface area (Å²) in [7, 11) is 0. The van der Waals surface area contributed by atoms with Crippen molar-refractivity contribution < 1.29 is 19.8 Å². The molecule has 1 atom stereocenters. The molecular formula is C24H29N3O4. The van der Waals surface area contributed by atoms with Crippen LogP contribution in [0.5, 0.6) is 0 Å². The Bertz CT molecular complexity index is 973. The van der Waals surface area contributed by atoms with Crippen LogP contribution in [0, 0.1) is 33.1 Å². The number of hydrogen-bond acceptors (Lipinski definition) is 3. The zero-order valence-electron chi connectivity index (χ0n) is 18.5. The monoisotopic (exact) mass is 423 g/mol. The molecule has 0 saturated carbocycles. The first kappa shape index (κ1) is 23.7. The van der Waals surface area contributed by atoms with Crippen molar-refractivity contribution in [2.24, 2.45) is 0 Å². The van der Waals surface area contributed by atoms with Crippen molar-refractivity contribution in [2.45, 2.75) is 40.7 Å². The fraction of sp³-hybridized carbons (Fsp3) is 0.292. The van der Waals surface area contributed by atoms with Gasteiger partial charge in [0.2, 0.25) is 5.96 Å². The van der Waals surface area contributed by atoms with Gasteiger partial charge in [-0.2, -0.15) is 0 Å². The Morgan fingerprint density at radius 1 is 0.871 bits per heavy atom. The maximum atomic E-state index is 9.55. The van der Waals surface area contributed by atoms with Gasteiger partial charge in [0, 0.05) is 30.1 Å². The second-order valence-corrected chi connectivity index (χ2v) is 7.64. The third kappa shape index (κ3) is 5.51. The van der Waals surface area contributed by atoms with Gasteiger partial charge in [0.15, 0.2) is 0 Å². The first-order valence-electron chi connectivity index (χ1n) is 9.96. The van der Waals surface area contributed by atoms with Gasteiger partial charge in [-0.05, 0) is 56.9 Å². The lowest BCUT2D eigenvalue weighted by Gasteiger charge is -2.28. The normalized spacial score (nSPS) is 15.8. The fourth-order valence-corrected chi connectivity index (χ4v) is 3.85. The highest BCUT2D eigenvalue weighted by Crippen LogP contribution is 2.35. The summed E-state index contributed by atoms with van der Waals surface area (Å²) in [6.45, 7) is 11.6. The van der Waals surface area contributed by atoms with Gasteiger partial charge in [-0.15, -0.1) is 0 Å². The molecule has 164 valence electrons. The predicted molar refractivity (Wildman–Crippen MR) is 123 cm³/mol. The highest BCUT2D eigenvalue weighted by atomic mass is 16.4. The summed E-state index contributed by atoms with van der Waals surface area (Å²) >= 11 is 0. The first-order valence-corrected chi connectivity index (χ1v) is 9.96. The Balaban J connectivity index is 0.000000366. The number of carbonyl (C=O) groups is 2. The number of nitrogens with one attached hydrogen (secondary N) is 1. The maximum Gasteiger partial charge on any atom is 0.328 e. The number of benzene rings is 2. The molecule has 0 bridgehead atoms. The van der Waals surface area contributed by atoms with Crippen molar-refractivity contribution in [1.29, 1.82) is 5.41 Å². The number of anilines is 2. The number of hydrogen-bond donors (Lipinski definition) is 3. The smallest absolute Gasteiger partial charge is 0.328 e. The van der Waals surface area contributed by atoms with E-state index in [1.807, 2.05) is 0 Å². The number of guanidine groups is 1. The van der Waals surface area contributed by atoms with Gasteiger partial charge in [-0.1, -0.05) is 36.4 Å². The lowest BCUT2D eigenvalue weighted by atomic mass is 10.1. The molecule has 0 amide bonds. The summed E-state index contributed by atoms with van der Waals surface area (Å²) < 4.78 is 0. The van der Waals surface area contributed by atoms with Crippen molar-refractivity contribution in [2.75, 3.05) is 16.3 Å². The van der Waals surface area contributed by atoms with Gasteiger partial charge in [0.05, 0.1) is 6.04 Å². The number of nitrogens with zero attached hydrogens (tertiary/aromatic N) is 2. The molecule has 1 aliphatic heterocycles. The molecular weight excluding hydrogens is 394 g/mol. The van der Waals surface area contributed by atoms with Crippen LogP contribution >= 0.6 is 0 Å². The lowest BCUT2D eigenvalue weighted by Crippen LogP contribution is -2.36. The standard InChI is InChI=1S/C20H25N3.C4H4O4/c1-13-8-6-9-14(2)18(13)22-12-17(5)23(20(22)21)19-15(3)10-7-11-16(19)4;5-3(6)1-2-4(7)8/h6-11,17,21H,12H2,1-5H3;1-2H,(H,5,6)(H,7,8)/b;2-1+. The third-order valence-electron chi connectivity index (χ3n) is 5.13. The van der Waals surface area contributed by atoms with Crippen LogP contribution in [0.2, 0.25) is 0 Å². The Hall–Kier alpha value is -3.61. The van der Waals surface area contributed by atoms with Crippen LogP contribution in [-0.2, 0) is 9.59 Å². The molecule has 1 saturated heterocycles. The molecule has 1 unspecified atom stereocenters. The number of aliphatic carboxylic acids is 2. The molecule has 2 aromatic rings. The number of carboxylic acid groups (broad SMARTS) is 2. The molecule has 1 fully saturated rings. The van der Waals surface area contributed by atoms with Crippen molar-refractivity contribution in [1.82, 2.24) is 0 Å². The van der Waals surface area contributed by atoms with Crippen LogP contribution in [0.1, 0.15) is 29.2 Å². The van der Waals surface area contributed by atoms with Gasteiger partial charge in [-0.25, -0.2) is 9.59 Å². The molecule has 3 N–H and O–H groups in total. The van der Waals surface area contributed by atoms with Crippen molar-refractivity contribution in [3.8, 4) is 0 Å². The summed E-state index contributed by atoms with van der Waals surface area (Å²) in [6, 6.07) is 13.0. The summed E-state index contributed by atoms with van der Waals surface area (Å²) in [4.78, 5) is 23.4. The minimum Gasteiger partial charge on any atom is -0.478 e. The first-order chi connectivity index (χ1) is 14.5. The number of para-hydroxylation sites is 2. The average molecular weight is 424 g/mol. The number of rotatable bonds is 4. The number of aryl methyl sites for hydroxylation is 4. The molecule has 31 heavy (non-hydrogen) atoms. The van der Waals surface area contributed by atoms with E-state index in [0.717, 1.165) is 6.54 Å². The lowest BCUT2D eigenvalue weighted by molar-refractivity contribution is -0.134. The zero-order valence-corrected chi connectivity index (χ0v) is 18.5. The zero-order chi connectivity index (χ0) is 23.3. The summed E-state index contributed by atoms with van der Waals surface area (Å²) in [5.74, 6) is -1.94. The number of carboxylic acids is 2. The molecule has 0 aromatic heterocycles. The average Bonchev–Trinajstić information content (AvgIpc) is 2.95. The summed E-state index contributed by atoms with van der Waals surface area (Å²) in [6.07, 6.45) is 1.12. The highest BCUT2D eigenvalue weighted by molar-refractivity contribution is 6.09. The quantitative estimate of drug-likeness (QED) is 0.634. The fourth-order valence-electron chi connectivity index (χ4n) is 3.85. The second-order valence-electron chi connectivity index (χ2n) is 7.64. The Morgan fingerprint density at radius 3 is 1.65 bits per heavy atom. The molecule has 3 rings (SSSR count). The van der Waals surface area contributed by atoms with Crippen molar-refractivity contribution in [3.63, 3.8) is 0 Å². The second kappa shape index (κ2) is 9.93. The van der Waals surface area contributed by atoms with Gasteiger partial charge in [0.25, 0.3) is 0 Å². The van der Waals surface area contributed by atoms with Gasteiger partial charge in [0.1, 0.15) is 0 Å². The van der Waals surface area contributed by atoms with E-state index < -0.39 is 11.9 Å². The van der Waals surface area contributed by atoms with E-state index in [1.54, 1.807) is 0 Å². The molecule has 7 heteroatoms. The topological polar surface area (TPSA) is 105 Å². The van der Waals surface area contributed by atoms with E-state index in [1.165, 1.54) is 33.6 Å². The SMILES string of the molecule is Cc1cccc(C)c1N1CC(C)N(c2c(C)cccc2C)C1=N.O=C(O)/C=C/C(=O)O. The largest absolute Gasteiger partial charge is 0.478 e. The minimum atomic E-state index is -1.26. The predicted octanol–water partition coefficient (Wildman–Crippen LogP) is 4.28. The van der Waals surface area contributed by atoms with Crippen LogP contribution < -0.4 is 9.80 Å². The van der Waals surface area contributed by atoms with Crippen LogP contribution in [0.15, 0.2) is 48.6 Å². The molecule has 0 aliphatic carbocycles. The molecule has 0 spiro atoms. The van der Waals surface area contributed by atoms with E-state index >= 15 is 0 Å². The summed E-state index contributed by atoms with van der Waals surface area (Å²) in [5.41, 5.74) is 7.27. The van der Waals surface area contributed by atoms with Gasteiger partial charge >= 0.3 is 11.9 Å². The van der Waals surface area contributed by atoms with Crippen molar-refractivity contribution in [3.05, 3.63) is 70.8 Å². The van der Waals surface area contributed by atoms with Crippen LogP contribution in [0.4, 0.5) is 11.4 Å². The molecule has 1 aliphatic rings. The maximum absolute atomic E-state index is 9.55. The Labute approximate surface area is 182 Å². The van der Waals surface area contributed by atoms with E-state index in [9.17, 15) is 9.59 Å². The van der Waals surface area contributed by atoms with Crippen LogP contribution in [0.3, 0.4) is 0 Å². The van der Waals surface area contributed by atoms with E-state index in [4.69, 9.17) is 15.6 Å². The third-order valence-corrected chi connectivity index (χ3v) is 5.13.